The molecule has 1 saturated carbocycles. The van der Waals surface area contributed by atoms with E-state index in [9.17, 15) is 4.79 Å². The summed E-state index contributed by atoms with van der Waals surface area (Å²) in [5, 5.41) is 0. The summed E-state index contributed by atoms with van der Waals surface area (Å²) in [7, 11) is 0. The monoisotopic (exact) mass is 258 g/mol. The minimum Gasteiger partial charge on any atom is -0.335 e. The Balaban J connectivity index is 1.65. The number of amides is 1. The van der Waals surface area contributed by atoms with Gasteiger partial charge < -0.3 is 10.6 Å². The van der Waals surface area contributed by atoms with Crippen LogP contribution >= 0.6 is 0 Å². The van der Waals surface area contributed by atoms with Crippen molar-refractivity contribution < 1.29 is 4.79 Å². The quantitative estimate of drug-likeness (QED) is 0.904. The summed E-state index contributed by atoms with van der Waals surface area (Å²) in [6.45, 7) is 5.76. The van der Waals surface area contributed by atoms with Crippen molar-refractivity contribution in [2.45, 2.75) is 38.1 Å². The van der Waals surface area contributed by atoms with Gasteiger partial charge in [0, 0.05) is 18.7 Å². The van der Waals surface area contributed by atoms with Crippen LogP contribution in [-0.2, 0) is 0 Å². The maximum absolute atomic E-state index is 12.3. The van der Waals surface area contributed by atoms with Crippen LogP contribution in [0.3, 0.4) is 0 Å². The van der Waals surface area contributed by atoms with Gasteiger partial charge in [-0.1, -0.05) is 26.0 Å². The first-order chi connectivity index (χ1) is 8.99. The van der Waals surface area contributed by atoms with Gasteiger partial charge in [-0.25, -0.2) is 0 Å². The lowest BCUT2D eigenvalue weighted by molar-refractivity contribution is 0.0350. The Hall–Kier alpha value is -1.35. The Kier molecular flexibility index (Phi) is 2.90. The topological polar surface area (TPSA) is 46.3 Å². The Morgan fingerprint density at radius 2 is 1.84 bits per heavy atom. The van der Waals surface area contributed by atoms with Gasteiger partial charge in [-0.05, 0) is 42.4 Å². The molecule has 0 radical (unpaired) electrons. The highest BCUT2D eigenvalue weighted by molar-refractivity contribution is 5.95. The van der Waals surface area contributed by atoms with Crippen molar-refractivity contribution in [2.75, 3.05) is 13.1 Å². The highest BCUT2D eigenvalue weighted by Crippen LogP contribution is 2.43. The van der Waals surface area contributed by atoms with E-state index in [0.717, 1.165) is 18.7 Å². The molecule has 2 aliphatic rings. The molecule has 102 valence electrons. The summed E-state index contributed by atoms with van der Waals surface area (Å²) in [5.74, 6) is 1.27. The van der Waals surface area contributed by atoms with E-state index in [1.54, 1.807) is 0 Å². The SMILES string of the molecule is CC(C)c1ccc(C(=O)N2CC(N)(C3CC3)C2)cc1. The number of carbonyl (C=O) groups excluding carboxylic acids is 1. The molecule has 1 aromatic rings. The first-order valence-electron chi connectivity index (χ1n) is 7.18. The minimum atomic E-state index is -0.0897. The molecular weight excluding hydrogens is 236 g/mol. The molecule has 1 amide bonds. The molecule has 19 heavy (non-hydrogen) atoms. The fraction of sp³-hybridized carbons (Fsp3) is 0.562. The maximum atomic E-state index is 12.3. The molecule has 0 spiro atoms. The minimum absolute atomic E-state index is 0.0897. The standard InChI is InChI=1S/C16H22N2O/c1-11(2)12-3-5-13(6-4-12)15(19)18-9-16(17,10-18)14-7-8-14/h3-6,11,14H,7-10,17H2,1-2H3. The number of hydrogen-bond donors (Lipinski definition) is 1. The molecule has 3 heteroatoms. The van der Waals surface area contributed by atoms with Crippen LogP contribution in [-0.4, -0.2) is 29.4 Å². The maximum Gasteiger partial charge on any atom is 0.253 e. The van der Waals surface area contributed by atoms with Crippen molar-refractivity contribution in [1.82, 2.24) is 4.90 Å². The highest BCUT2D eigenvalue weighted by Gasteiger charge is 2.51. The van der Waals surface area contributed by atoms with Crippen LogP contribution < -0.4 is 5.73 Å². The van der Waals surface area contributed by atoms with Crippen LogP contribution in [0.15, 0.2) is 24.3 Å². The van der Waals surface area contributed by atoms with Gasteiger partial charge in [0.2, 0.25) is 0 Å². The van der Waals surface area contributed by atoms with E-state index >= 15 is 0 Å². The first-order valence-corrected chi connectivity index (χ1v) is 7.18. The fourth-order valence-electron chi connectivity index (χ4n) is 2.92. The number of benzene rings is 1. The molecule has 0 bridgehead atoms. The number of carbonyl (C=O) groups is 1. The van der Waals surface area contributed by atoms with Gasteiger partial charge in [0.15, 0.2) is 0 Å². The summed E-state index contributed by atoms with van der Waals surface area (Å²) in [6.07, 6.45) is 2.48. The zero-order chi connectivity index (χ0) is 13.6. The van der Waals surface area contributed by atoms with Crippen LogP contribution in [0.2, 0.25) is 0 Å². The van der Waals surface area contributed by atoms with Gasteiger partial charge in [0.1, 0.15) is 0 Å². The second kappa shape index (κ2) is 4.34. The Bertz CT molecular complexity index is 482. The predicted molar refractivity (Wildman–Crippen MR) is 76.1 cm³/mol. The highest BCUT2D eigenvalue weighted by atomic mass is 16.2. The number of likely N-dealkylation sites (tertiary alicyclic amines) is 1. The molecule has 1 aliphatic carbocycles. The van der Waals surface area contributed by atoms with Crippen LogP contribution in [0.25, 0.3) is 0 Å². The number of nitrogens with zero attached hydrogens (tertiary/aromatic N) is 1. The molecule has 1 aromatic carbocycles. The molecule has 1 saturated heterocycles. The van der Waals surface area contributed by atoms with Gasteiger partial charge in [-0.15, -0.1) is 0 Å². The van der Waals surface area contributed by atoms with Gasteiger partial charge in [-0.2, -0.15) is 0 Å². The van der Waals surface area contributed by atoms with Crippen molar-refractivity contribution in [3.63, 3.8) is 0 Å². The van der Waals surface area contributed by atoms with Crippen molar-refractivity contribution in [1.29, 1.82) is 0 Å². The summed E-state index contributed by atoms with van der Waals surface area (Å²) >= 11 is 0. The summed E-state index contributed by atoms with van der Waals surface area (Å²) in [6, 6.07) is 7.97. The van der Waals surface area contributed by atoms with E-state index in [1.807, 2.05) is 29.2 Å². The van der Waals surface area contributed by atoms with Crippen LogP contribution in [0.5, 0.6) is 0 Å². The Morgan fingerprint density at radius 1 is 1.26 bits per heavy atom. The van der Waals surface area contributed by atoms with Crippen molar-refractivity contribution in [3.05, 3.63) is 35.4 Å². The van der Waals surface area contributed by atoms with E-state index in [1.165, 1.54) is 18.4 Å². The lowest BCUT2D eigenvalue weighted by Gasteiger charge is -2.48. The van der Waals surface area contributed by atoms with E-state index in [2.05, 4.69) is 13.8 Å². The van der Waals surface area contributed by atoms with E-state index in [0.29, 0.717) is 11.8 Å². The molecule has 3 nitrogen and oxygen atoms in total. The zero-order valence-electron chi connectivity index (χ0n) is 11.7. The van der Waals surface area contributed by atoms with Crippen LogP contribution in [0.1, 0.15) is 48.5 Å². The molecule has 0 unspecified atom stereocenters. The van der Waals surface area contributed by atoms with Gasteiger partial charge in [-0.3, -0.25) is 4.79 Å². The molecule has 3 rings (SSSR count). The van der Waals surface area contributed by atoms with Gasteiger partial charge in [0.05, 0.1) is 5.54 Å². The lowest BCUT2D eigenvalue weighted by atomic mass is 9.85. The largest absolute Gasteiger partial charge is 0.335 e. The zero-order valence-corrected chi connectivity index (χ0v) is 11.7. The predicted octanol–water partition coefficient (Wildman–Crippen LogP) is 2.37. The van der Waals surface area contributed by atoms with Crippen molar-refractivity contribution in [2.24, 2.45) is 11.7 Å². The average Bonchev–Trinajstić information content (AvgIpc) is 3.18. The summed E-state index contributed by atoms with van der Waals surface area (Å²) < 4.78 is 0. The van der Waals surface area contributed by atoms with E-state index in [4.69, 9.17) is 5.73 Å². The average molecular weight is 258 g/mol. The third-order valence-electron chi connectivity index (χ3n) is 4.47. The third-order valence-corrected chi connectivity index (χ3v) is 4.47. The van der Waals surface area contributed by atoms with Crippen LogP contribution in [0.4, 0.5) is 0 Å². The second-order valence-corrected chi connectivity index (χ2v) is 6.45. The van der Waals surface area contributed by atoms with Crippen molar-refractivity contribution >= 4 is 5.91 Å². The molecule has 1 heterocycles. The number of rotatable bonds is 3. The first kappa shape index (κ1) is 12.7. The number of hydrogen-bond acceptors (Lipinski definition) is 2. The molecule has 0 atom stereocenters. The number of nitrogens with two attached hydrogens (primary N) is 1. The molecule has 1 aliphatic heterocycles. The summed E-state index contributed by atoms with van der Waals surface area (Å²) in [5.41, 5.74) is 8.24. The second-order valence-electron chi connectivity index (χ2n) is 6.45. The summed E-state index contributed by atoms with van der Waals surface area (Å²) in [4.78, 5) is 14.2. The van der Waals surface area contributed by atoms with E-state index in [-0.39, 0.29) is 11.4 Å². The van der Waals surface area contributed by atoms with Gasteiger partial charge >= 0.3 is 0 Å². The van der Waals surface area contributed by atoms with Gasteiger partial charge in [0.25, 0.3) is 5.91 Å². The molecule has 0 aromatic heterocycles. The lowest BCUT2D eigenvalue weighted by Crippen LogP contribution is -2.69. The molecule has 2 fully saturated rings. The molecule has 2 N–H and O–H groups in total. The third kappa shape index (κ3) is 2.27. The Labute approximate surface area is 114 Å². The Morgan fingerprint density at radius 3 is 2.32 bits per heavy atom. The molecular formula is C16H22N2O. The fourth-order valence-corrected chi connectivity index (χ4v) is 2.92. The van der Waals surface area contributed by atoms with Crippen molar-refractivity contribution in [3.8, 4) is 0 Å². The van der Waals surface area contributed by atoms with Crippen LogP contribution in [0, 0.1) is 5.92 Å². The normalized spacial score (nSPS) is 21.4. The smallest absolute Gasteiger partial charge is 0.253 e. The van der Waals surface area contributed by atoms with E-state index < -0.39 is 0 Å².